The lowest BCUT2D eigenvalue weighted by molar-refractivity contribution is 0.305. The summed E-state index contributed by atoms with van der Waals surface area (Å²) < 4.78 is 0. The van der Waals surface area contributed by atoms with E-state index in [1.807, 2.05) is 23.1 Å². The molecular weight excluding hydrogens is 294 g/mol. The highest BCUT2D eigenvalue weighted by Crippen LogP contribution is 2.39. The van der Waals surface area contributed by atoms with Crippen LogP contribution in [0.5, 0.6) is 0 Å². The third-order valence-electron chi connectivity index (χ3n) is 4.67. The first-order valence-corrected chi connectivity index (χ1v) is 7.79. The number of aliphatic imine (C=N–C) groups is 2. The zero-order valence-corrected chi connectivity index (χ0v) is 12.7. The van der Waals surface area contributed by atoms with E-state index in [1.165, 1.54) is 6.42 Å². The van der Waals surface area contributed by atoms with Crippen LogP contribution in [-0.4, -0.2) is 27.8 Å². The van der Waals surface area contributed by atoms with Crippen molar-refractivity contribution in [2.45, 2.75) is 37.8 Å². The van der Waals surface area contributed by atoms with E-state index in [0.29, 0.717) is 11.3 Å². The molecule has 120 valence electrons. The van der Waals surface area contributed by atoms with E-state index in [0.717, 1.165) is 36.9 Å². The van der Waals surface area contributed by atoms with Gasteiger partial charge in [-0.25, -0.2) is 4.99 Å². The highest BCUT2D eigenvalue weighted by Gasteiger charge is 2.42. The fourth-order valence-corrected chi connectivity index (χ4v) is 3.65. The first kappa shape index (κ1) is 13.9. The van der Waals surface area contributed by atoms with E-state index in [4.69, 9.17) is 11.5 Å². The summed E-state index contributed by atoms with van der Waals surface area (Å²) in [5.41, 5.74) is 13.0. The Kier molecular flexibility index (Phi) is 2.93. The van der Waals surface area contributed by atoms with Crippen LogP contribution in [0.1, 0.15) is 32.1 Å². The quantitative estimate of drug-likeness (QED) is 0.625. The minimum absolute atomic E-state index is 0.157. The number of rotatable bonds is 1. The predicted octanol–water partition coefficient (Wildman–Crippen LogP) is 0.966. The number of aromatic amines is 2. The fraction of sp³-hybridized carbons (Fsp3) is 0.400. The molecule has 2 heterocycles. The molecule has 23 heavy (non-hydrogen) atoms. The van der Waals surface area contributed by atoms with Crippen molar-refractivity contribution in [2.75, 3.05) is 4.90 Å². The van der Waals surface area contributed by atoms with Crippen LogP contribution in [0.3, 0.4) is 0 Å². The third-order valence-corrected chi connectivity index (χ3v) is 4.67. The molecular formula is C15H19N7O. The van der Waals surface area contributed by atoms with Gasteiger partial charge in [0.25, 0.3) is 5.56 Å². The number of nitrogens with one attached hydrogen (secondary N) is 2. The molecule has 2 aliphatic rings. The lowest BCUT2D eigenvalue weighted by atomic mass is 9.87. The average Bonchev–Trinajstić information content (AvgIpc) is 2.88. The average molecular weight is 313 g/mol. The van der Waals surface area contributed by atoms with Gasteiger partial charge in [0.1, 0.15) is 5.66 Å². The maximum atomic E-state index is 11.9. The Morgan fingerprint density at radius 3 is 2.70 bits per heavy atom. The van der Waals surface area contributed by atoms with E-state index in [2.05, 4.69) is 20.2 Å². The number of nitrogens with two attached hydrogens (primary N) is 2. The number of H-pyrrole nitrogens is 2. The van der Waals surface area contributed by atoms with Crippen molar-refractivity contribution in [3.8, 4) is 0 Å². The third kappa shape index (κ3) is 2.09. The molecule has 1 aromatic heterocycles. The molecule has 1 aromatic carbocycles. The van der Waals surface area contributed by atoms with Gasteiger partial charge >= 0.3 is 0 Å². The standard InChI is InChI=1S/C15H19N7O/c16-13-18-14(17)22(15(19-13)6-2-1-3-7-15)9-4-5-11-10(8-9)12(23)21-20-11/h4-5,8H,1-3,6-7H2,(H2,20,21,23)(H4,16,17,18,19). The topological polar surface area (TPSA) is 129 Å². The Morgan fingerprint density at radius 1 is 1.13 bits per heavy atom. The molecule has 1 aliphatic heterocycles. The van der Waals surface area contributed by atoms with Crippen molar-refractivity contribution in [3.63, 3.8) is 0 Å². The van der Waals surface area contributed by atoms with E-state index in [1.54, 1.807) is 0 Å². The molecule has 4 rings (SSSR count). The summed E-state index contributed by atoms with van der Waals surface area (Å²) in [4.78, 5) is 22.6. The minimum atomic E-state index is -0.495. The van der Waals surface area contributed by atoms with Crippen LogP contribution in [0.4, 0.5) is 5.69 Å². The first-order chi connectivity index (χ1) is 11.1. The Labute approximate surface area is 132 Å². The van der Waals surface area contributed by atoms with Crippen LogP contribution in [0.25, 0.3) is 10.9 Å². The van der Waals surface area contributed by atoms with Gasteiger partial charge in [-0.2, -0.15) is 4.99 Å². The maximum Gasteiger partial charge on any atom is 0.271 e. The fourth-order valence-electron chi connectivity index (χ4n) is 3.65. The van der Waals surface area contributed by atoms with E-state index in [9.17, 15) is 4.79 Å². The van der Waals surface area contributed by atoms with Gasteiger partial charge in [0, 0.05) is 5.69 Å². The van der Waals surface area contributed by atoms with Crippen molar-refractivity contribution in [3.05, 3.63) is 28.6 Å². The number of hydrogen-bond donors (Lipinski definition) is 4. The second kappa shape index (κ2) is 4.87. The molecule has 0 atom stereocenters. The number of aromatic nitrogens is 2. The normalized spacial score (nSPS) is 20.6. The molecule has 1 fully saturated rings. The lowest BCUT2D eigenvalue weighted by Crippen LogP contribution is -2.58. The van der Waals surface area contributed by atoms with Crippen LogP contribution < -0.4 is 21.9 Å². The Balaban J connectivity index is 1.87. The van der Waals surface area contributed by atoms with Gasteiger partial charge in [0.05, 0.1) is 10.9 Å². The Hall–Kier alpha value is -2.77. The molecule has 1 aliphatic carbocycles. The molecule has 8 nitrogen and oxygen atoms in total. The van der Waals surface area contributed by atoms with Crippen LogP contribution in [0, 0.1) is 0 Å². The molecule has 6 N–H and O–H groups in total. The molecule has 0 radical (unpaired) electrons. The molecule has 1 spiro atoms. The second-order valence-corrected chi connectivity index (χ2v) is 6.13. The van der Waals surface area contributed by atoms with Crippen molar-refractivity contribution in [2.24, 2.45) is 21.5 Å². The molecule has 0 unspecified atom stereocenters. The number of anilines is 1. The summed E-state index contributed by atoms with van der Waals surface area (Å²) in [6.07, 6.45) is 5.04. The van der Waals surface area contributed by atoms with E-state index >= 15 is 0 Å². The van der Waals surface area contributed by atoms with Gasteiger partial charge in [-0.15, -0.1) is 0 Å². The zero-order valence-electron chi connectivity index (χ0n) is 12.7. The van der Waals surface area contributed by atoms with E-state index in [-0.39, 0.29) is 11.5 Å². The number of nitrogens with zero attached hydrogens (tertiary/aromatic N) is 3. The van der Waals surface area contributed by atoms with Crippen LogP contribution >= 0.6 is 0 Å². The summed E-state index contributed by atoms with van der Waals surface area (Å²) in [7, 11) is 0. The summed E-state index contributed by atoms with van der Waals surface area (Å²) in [6, 6.07) is 5.59. The Morgan fingerprint density at radius 2 is 1.91 bits per heavy atom. The van der Waals surface area contributed by atoms with E-state index < -0.39 is 5.66 Å². The van der Waals surface area contributed by atoms with Crippen LogP contribution in [0.15, 0.2) is 33.0 Å². The summed E-state index contributed by atoms with van der Waals surface area (Å²) in [5.74, 6) is 0.548. The predicted molar refractivity (Wildman–Crippen MR) is 90.5 cm³/mol. The minimum Gasteiger partial charge on any atom is -0.369 e. The number of fused-ring (bicyclic) bond motifs is 1. The van der Waals surface area contributed by atoms with Crippen molar-refractivity contribution in [1.82, 2.24) is 10.2 Å². The molecule has 8 heteroatoms. The van der Waals surface area contributed by atoms with Crippen LogP contribution in [-0.2, 0) is 0 Å². The van der Waals surface area contributed by atoms with Crippen LogP contribution in [0.2, 0.25) is 0 Å². The van der Waals surface area contributed by atoms with Crippen molar-refractivity contribution in [1.29, 1.82) is 0 Å². The largest absolute Gasteiger partial charge is 0.369 e. The van der Waals surface area contributed by atoms with Gasteiger partial charge in [-0.05, 0) is 43.9 Å². The van der Waals surface area contributed by atoms with Gasteiger partial charge < -0.3 is 11.5 Å². The summed E-state index contributed by atoms with van der Waals surface area (Å²) in [5, 5.41) is 6.02. The second-order valence-electron chi connectivity index (χ2n) is 6.13. The number of benzene rings is 1. The number of hydrogen-bond acceptors (Lipinski definition) is 6. The van der Waals surface area contributed by atoms with Crippen molar-refractivity contribution >= 4 is 28.5 Å². The number of guanidine groups is 2. The maximum absolute atomic E-state index is 11.9. The Bertz CT molecular complexity index is 869. The molecule has 0 saturated heterocycles. The molecule has 1 saturated carbocycles. The van der Waals surface area contributed by atoms with Gasteiger partial charge in [-0.1, -0.05) is 6.42 Å². The van der Waals surface area contributed by atoms with Gasteiger partial charge in [0.2, 0.25) is 11.9 Å². The monoisotopic (exact) mass is 313 g/mol. The zero-order chi connectivity index (χ0) is 16.0. The summed E-state index contributed by atoms with van der Waals surface area (Å²) >= 11 is 0. The SMILES string of the molecule is NC1=NC2(CCCCC2)N(c2ccc3[nH][nH]c(=O)c3c2)C(N)=N1. The molecule has 0 bridgehead atoms. The van der Waals surface area contributed by atoms with Gasteiger partial charge in [0.15, 0.2) is 0 Å². The summed E-state index contributed by atoms with van der Waals surface area (Å²) in [6.45, 7) is 0. The lowest BCUT2D eigenvalue weighted by Gasteiger charge is -2.45. The highest BCUT2D eigenvalue weighted by atomic mass is 16.1. The van der Waals surface area contributed by atoms with Crippen molar-refractivity contribution < 1.29 is 0 Å². The smallest absolute Gasteiger partial charge is 0.271 e. The highest BCUT2D eigenvalue weighted by molar-refractivity contribution is 6.06. The molecule has 0 amide bonds. The first-order valence-electron chi connectivity index (χ1n) is 7.79. The molecule has 2 aromatic rings. The van der Waals surface area contributed by atoms with Gasteiger partial charge in [-0.3, -0.25) is 19.9 Å².